The summed E-state index contributed by atoms with van der Waals surface area (Å²) in [6.07, 6.45) is 0.342. The van der Waals surface area contributed by atoms with Crippen molar-refractivity contribution in [1.29, 1.82) is 0 Å². The maximum absolute atomic E-state index is 13.2. The first-order chi connectivity index (χ1) is 11.9. The number of pyridine rings is 1. The molecule has 2 aromatic rings. The fraction of sp³-hybridized carbons (Fsp3) is 0.294. The van der Waals surface area contributed by atoms with Crippen molar-refractivity contribution in [1.82, 2.24) is 4.98 Å². The number of hydrogen-bond donors (Lipinski definition) is 1. The molecule has 132 valence electrons. The van der Waals surface area contributed by atoms with E-state index in [4.69, 9.17) is 10.5 Å². The molecule has 5 nitrogen and oxygen atoms in total. The van der Waals surface area contributed by atoms with Crippen LogP contribution in [0.25, 0.3) is 11.1 Å². The number of nitrogens with two attached hydrogens (primary N) is 1. The minimum absolute atomic E-state index is 0.0199. The second kappa shape index (κ2) is 7.10. The Morgan fingerprint density at radius 1 is 1.36 bits per heavy atom. The van der Waals surface area contributed by atoms with Crippen LogP contribution in [0, 0.1) is 5.82 Å². The van der Waals surface area contributed by atoms with E-state index in [1.807, 2.05) is 0 Å². The van der Waals surface area contributed by atoms with Gasteiger partial charge in [-0.3, -0.25) is 4.79 Å². The summed E-state index contributed by atoms with van der Waals surface area (Å²) in [5.74, 6) is -0.979. The number of primary amides is 1. The third-order valence-electron chi connectivity index (χ3n) is 3.90. The lowest BCUT2D eigenvalue weighted by atomic mass is 9.94. The number of aromatic nitrogens is 1. The largest absolute Gasteiger partial charge is 0.472 e. The van der Waals surface area contributed by atoms with E-state index in [1.165, 1.54) is 18.2 Å². The quantitative estimate of drug-likeness (QED) is 0.898. The Balaban J connectivity index is 1.97. The Labute approximate surface area is 141 Å². The van der Waals surface area contributed by atoms with E-state index in [-0.39, 0.29) is 24.0 Å². The van der Waals surface area contributed by atoms with Crippen molar-refractivity contribution in [3.8, 4) is 17.0 Å². The minimum Gasteiger partial charge on any atom is -0.472 e. The van der Waals surface area contributed by atoms with Gasteiger partial charge in [0, 0.05) is 5.56 Å². The standard InChI is InChI=1S/C17H15F3N2O3/c18-10-3-1-9(2-4-10)13-7-14(15(21)23)22-16-12(13)6-5-11(25-16)8-24-17(19)20/h1-4,7,11,17H,5-6,8H2,(H2,21,23)/t11-/m0/s1. The van der Waals surface area contributed by atoms with Gasteiger partial charge in [-0.25, -0.2) is 9.37 Å². The molecule has 0 unspecified atom stereocenters. The van der Waals surface area contributed by atoms with Gasteiger partial charge in [-0.15, -0.1) is 0 Å². The molecule has 0 bridgehead atoms. The molecule has 0 saturated heterocycles. The monoisotopic (exact) mass is 352 g/mol. The van der Waals surface area contributed by atoms with Crippen LogP contribution in [0.1, 0.15) is 22.5 Å². The molecule has 1 atom stereocenters. The Hall–Kier alpha value is -2.61. The van der Waals surface area contributed by atoms with Crippen molar-refractivity contribution >= 4 is 5.91 Å². The molecule has 0 radical (unpaired) electrons. The predicted molar refractivity (Wildman–Crippen MR) is 82.8 cm³/mol. The molecule has 1 aromatic heterocycles. The zero-order chi connectivity index (χ0) is 18.0. The Morgan fingerprint density at radius 2 is 2.08 bits per heavy atom. The van der Waals surface area contributed by atoms with Crippen molar-refractivity contribution in [2.24, 2.45) is 5.73 Å². The molecular weight excluding hydrogens is 337 g/mol. The van der Waals surface area contributed by atoms with Crippen molar-refractivity contribution in [3.05, 3.63) is 47.4 Å². The van der Waals surface area contributed by atoms with Crippen molar-refractivity contribution in [2.45, 2.75) is 25.6 Å². The summed E-state index contributed by atoms with van der Waals surface area (Å²) in [5.41, 5.74) is 7.32. The molecule has 2 N–H and O–H groups in total. The van der Waals surface area contributed by atoms with Gasteiger partial charge in [-0.05, 0) is 42.2 Å². The lowest BCUT2D eigenvalue weighted by molar-refractivity contribution is -0.146. The van der Waals surface area contributed by atoms with Crippen LogP contribution in [0.2, 0.25) is 0 Å². The molecule has 1 aliphatic rings. The summed E-state index contributed by atoms with van der Waals surface area (Å²) in [6.45, 7) is -3.17. The normalized spacial score (nSPS) is 16.4. The van der Waals surface area contributed by atoms with Gasteiger partial charge in [-0.2, -0.15) is 8.78 Å². The van der Waals surface area contributed by atoms with Gasteiger partial charge in [0.2, 0.25) is 5.88 Å². The zero-order valence-electron chi connectivity index (χ0n) is 13.0. The highest BCUT2D eigenvalue weighted by Gasteiger charge is 2.26. The summed E-state index contributed by atoms with van der Waals surface area (Å²) in [6, 6.07) is 7.27. The summed E-state index contributed by atoms with van der Waals surface area (Å²) >= 11 is 0. The number of hydrogen-bond acceptors (Lipinski definition) is 4. The average molecular weight is 352 g/mol. The van der Waals surface area contributed by atoms with E-state index in [2.05, 4.69) is 9.72 Å². The second-order valence-corrected chi connectivity index (χ2v) is 5.58. The fourth-order valence-corrected chi connectivity index (χ4v) is 2.72. The number of alkyl halides is 2. The Bertz CT molecular complexity index is 781. The van der Waals surface area contributed by atoms with Gasteiger partial charge >= 0.3 is 6.61 Å². The third-order valence-corrected chi connectivity index (χ3v) is 3.90. The number of amides is 1. The van der Waals surface area contributed by atoms with E-state index < -0.39 is 18.6 Å². The molecule has 1 amide bonds. The van der Waals surface area contributed by atoms with Gasteiger partial charge in [0.1, 0.15) is 17.6 Å². The highest BCUT2D eigenvalue weighted by molar-refractivity contribution is 5.93. The highest BCUT2D eigenvalue weighted by atomic mass is 19.3. The first-order valence-corrected chi connectivity index (χ1v) is 7.60. The molecule has 0 aliphatic carbocycles. The molecule has 0 spiro atoms. The molecule has 1 aliphatic heterocycles. The molecule has 25 heavy (non-hydrogen) atoms. The molecule has 1 aromatic carbocycles. The smallest absolute Gasteiger partial charge is 0.345 e. The van der Waals surface area contributed by atoms with Crippen molar-refractivity contribution < 1.29 is 27.4 Å². The third kappa shape index (κ3) is 3.90. The van der Waals surface area contributed by atoms with Gasteiger partial charge in [0.25, 0.3) is 5.91 Å². The van der Waals surface area contributed by atoms with Crippen LogP contribution < -0.4 is 10.5 Å². The Kier molecular flexibility index (Phi) is 4.89. The van der Waals surface area contributed by atoms with Crippen LogP contribution >= 0.6 is 0 Å². The van der Waals surface area contributed by atoms with Crippen LogP contribution in [0.4, 0.5) is 13.2 Å². The van der Waals surface area contributed by atoms with Crippen LogP contribution in [0.5, 0.6) is 5.88 Å². The van der Waals surface area contributed by atoms with Crippen LogP contribution in [-0.2, 0) is 11.2 Å². The van der Waals surface area contributed by atoms with Crippen molar-refractivity contribution in [2.75, 3.05) is 6.61 Å². The number of carbonyl (C=O) groups excluding carboxylic acids is 1. The van der Waals surface area contributed by atoms with Crippen LogP contribution in [0.3, 0.4) is 0 Å². The van der Waals surface area contributed by atoms with Gasteiger partial charge in [-0.1, -0.05) is 12.1 Å². The molecule has 2 heterocycles. The molecule has 0 fully saturated rings. The molecule has 0 saturated carbocycles. The van der Waals surface area contributed by atoms with Gasteiger partial charge in [0.05, 0.1) is 6.61 Å². The van der Waals surface area contributed by atoms with Gasteiger partial charge < -0.3 is 15.2 Å². The fourth-order valence-electron chi connectivity index (χ4n) is 2.72. The topological polar surface area (TPSA) is 74.4 Å². The van der Waals surface area contributed by atoms with E-state index in [9.17, 15) is 18.0 Å². The van der Waals surface area contributed by atoms with E-state index in [0.29, 0.717) is 29.5 Å². The van der Waals surface area contributed by atoms with E-state index in [1.54, 1.807) is 12.1 Å². The second-order valence-electron chi connectivity index (χ2n) is 5.58. The SMILES string of the molecule is NC(=O)c1cc(-c2ccc(F)cc2)c2c(n1)O[C@H](COC(F)F)CC2. The predicted octanol–water partition coefficient (Wildman–Crippen LogP) is 2.92. The summed E-state index contributed by atoms with van der Waals surface area (Å²) in [4.78, 5) is 15.6. The number of ether oxygens (including phenoxy) is 2. The van der Waals surface area contributed by atoms with Crippen molar-refractivity contribution in [3.63, 3.8) is 0 Å². The maximum Gasteiger partial charge on any atom is 0.345 e. The van der Waals surface area contributed by atoms with Gasteiger partial charge in [0.15, 0.2) is 0 Å². The van der Waals surface area contributed by atoms with Crippen LogP contribution in [-0.4, -0.2) is 30.2 Å². The maximum atomic E-state index is 13.2. The number of carbonyl (C=O) groups is 1. The summed E-state index contributed by atoms with van der Waals surface area (Å²) in [7, 11) is 0. The molecular formula is C17H15F3N2O3. The first kappa shape index (κ1) is 17.2. The number of benzene rings is 1. The number of nitrogens with zero attached hydrogens (tertiary/aromatic N) is 1. The number of fused-ring (bicyclic) bond motifs is 1. The Morgan fingerprint density at radius 3 is 2.72 bits per heavy atom. The molecule has 3 rings (SSSR count). The lowest BCUT2D eigenvalue weighted by Gasteiger charge is -2.27. The summed E-state index contributed by atoms with van der Waals surface area (Å²) < 4.78 is 47.4. The minimum atomic E-state index is -2.88. The van der Waals surface area contributed by atoms with Crippen LogP contribution in [0.15, 0.2) is 30.3 Å². The lowest BCUT2D eigenvalue weighted by Crippen LogP contribution is -2.30. The average Bonchev–Trinajstić information content (AvgIpc) is 2.59. The van der Waals surface area contributed by atoms with E-state index in [0.717, 1.165) is 0 Å². The zero-order valence-corrected chi connectivity index (χ0v) is 13.0. The molecule has 8 heteroatoms. The van der Waals surface area contributed by atoms with E-state index >= 15 is 0 Å². The summed E-state index contributed by atoms with van der Waals surface area (Å²) in [5, 5.41) is 0. The first-order valence-electron chi connectivity index (χ1n) is 7.60. The highest BCUT2D eigenvalue weighted by Crippen LogP contribution is 2.35. The number of rotatable bonds is 5. The number of halogens is 3.